The third kappa shape index (κ3) is 3.94. The minimum absolute atomic E-state index is 0.191. The molecule has 9 unspecified atom stereocenters. The first-order chi connectivity index (χ1) is 23.3. The van der Waals surface area contributed by atoms with Crippen LogP contribution in [0.3, 0.4) is 0 Å². The quantitative estimate of drug-likeness (QED) is 0.258. The van der Waals surface area contributed by atoms with Crippen molar-refractivity contribution in [3.05, 3.63) is 34.1 Å². The smallest absolute Gasteiger partial charge is 0.216 e. The Hall–Kier alpha value is -1.12. The number of hydrogen-bond donors (Lipinski definition) is 0. The van der Waals surface area contributed by atoms with Crippen molar-refractivity contribution in [3.8, 4) is 0 Å². The first kappa shape index (κ1) is 32.5. The number of rotatable bonds is 1. The molecular weight excluding hydrogens is 591 g/mol. The fourth-order valence-electron chi connectivity index (χ4n) is 16.8. The van der Waals surface area contributed by atoms with Crippen molar-refractivity contribution in [2.24, 2.45) is 51.8 Å². The van der Waals surface area contributed by atoms with Crippen LogP contribution in [-0.4, -0.2) is 33.6 Å². The third-order valence-corrected chi connectivity index (χ3v) is 19.3. The van der Waals surface area contributed by atoms with Crippen molar-refractivity contribution in [2.75, 3.05) is 0 Å². The highest BCUT2D eigenvalue weighted by Gasteiger charge is 2.73. The molecule has 3 heteroatoms. The standard InChI is InChI=1S/C46H71BN2/c1-29-25-36-39-37(26-29)49-40-33(44(7)21-15-16-22-45(44,49)8)27-31(42(2,3)4)28-35(40)47(39)34-20-19-32(30-17-11-9-12-18-30)38-41(34)48(36)43(5,6)46(38)23-13-10-14-24-46/h25,29-33,35,38,40H,9-24,26-28H2,1-8H3. The van der Waals surface area contributed by atoms with Crippen LogP contribution in [0, 0.1) is 51.8 Å². The largest absolute Gasteiger partial charge is 0.366 e. The number of allylic oxidation sites excluding steroid dienone is 5. The van der Waals surface area contributed by atoms with Crippen LogP contribution >= 0.6 is 0 Å². The van der Waals surface area contributed by atoms with Gasteiger partial charge in [0.15, 0.2) is 0 Å². The van der Waals surface area contributed by atoms with E-state index < -0.39 is 0 Å². The van der Waals surface area contributed by atoms with E-state index in [1.54, 1.807) is 5.70 Å². The molecular formula is C46H71BN2. The SMILES string of the molecule is CC1C=C2C3=C(C1)N1C4C(CC(C(C)(C)C)CC4C4(C)CCCCC14C)B3C1=C3C(C(C4CCCCC4)CC1)C1(CCCCC1)C(C)(C)N23. The molecule has 4 aliphatic heterocycles. The van der Waals surface area contributed by atoms with Gasteiger partial charge >= 0.3 is 0 Å². The summed E-state index contributed by atoms with van der Waals surface area (Å²) in [4.78, 5) is 6.46. The van der Waals surface area contributed by atoms with Crippen molar-refractivity contribution >= 4 is 6.71 Å². The van der Waals surface area contributed by atoms with Crippen molar-refractivity contribution in [3.63, 3.8) is 0 Å². The van der Waals surface area contributed by atoms with Crippen molar-refractivity contribution in [1.29, 1.82) is 0 Å². The molecule has 6 aliphatic carbocycles. The summed E-state index contributed by atoms with van der Waals surface area (Å²) in [5.74, 6) is 5.80. The van der Waals surface area contributed by atoms with Crippen LogP contribution in [0.25, 0.3) is 0 Å². The highest BCUT2D eigenvalue weighted by Crippen LogP contribution is 2.75. The molecule has 2 saturated heterocycles. The normalized spacial score (nSPS) is 45.3. The first-order valence-electron chi connectivity index (χ1n) is 22.1. The lowest BCUT2D eigenvalue weighted by molar-refractivity contribution is -0.00549. The lowest BCUT2D eigenvalue weighted by Crippen LogP contribution is -2.61. The van der Waals surface area contributed by atoms with Crippen molar-refractivity contribution in [1.82, 2.24) is 9.80 Å². The minimum atomic E-state index is 0.191. The first-order valence-corrected chi connectivity index (χ1v) is 22.1. The average Bonchev–Trinajstić information content (AvgIpc) is 3.41. The van der Waals surface area contributed by atoms with Gasteiger partial charge in [-0.05, 0) is 124 Å². The number of hydrogen-bond acceptors (Lipinski definition) is 2. The number of fused-ring (bicyclic) bond motifs is 8. The molecule has 0 amide bonds. The average molecular weight is 663 g/mol. The molecule has 10 rings (SSSR count). The van der Waals surface area contributed by atoms with E-state index in [0.717, 1.165) is 41.4 Å². The second-order valence-electron chi connectivity index (χ2n) is 22.2. The molecule has 0 bridgehead atoms. The molecule has 9 atom stereocenters. The Kier molecular flexibility index (Phi) is 6.98. The van der Waals surface area contributed by atoms with E-state index in [9.17, 15) is 0 Å². The summed E-state index contributed by atoms with van der Waals surface area (Å²) in [5.41, 5.74) is 11.2. The Balaban J connectivity index is 1.23. The van der Waals surface area contributed by atoms with E-state index in [4.69, 9.17) is 0 Å². The maximum Gasteiger partial charge on any atom is 0.216 e. The summed E-state index contributed by atoms with van der Waals surface area (Å²) in [6, 6.07) is 0.759. The summed E-state index contributed by atoms with van der Waals surface area (Å²) in [5, 5.41) is 0. The van der Waals surface area contributed by atoms with Crippen molar-refractivity contribution < 1.29 is 0 Å². The molecule has 0 aromatic heterocycles. The van der Waals surface area contributed by atoms with Gasteiger partial charge < -0.3 is 9.80 Å². The highest BCUT2D eigenvalue weighted by molar-refractivity contribution is 6.77. The van der Waals surface area contributed by atoms with E-state index in [-0.39, 0.29) is 5.54 Å². The predicted octanol–water partition coefficient (Wildman–Crippen LogP) is 12.1. The molecule has 0 aromatic rings. The lowest BCUT2D eigenvalue weighted by atomic mass is 9.24. The van der Waals surface area contributed by atoms with Gasteiger partial charge in [-0.15, -0.1) is 0 Å². The van der Waals surface area contributed by atoms with Gasteiger partial charge in [-0.1, -0.05) is 117 Å². The fraction of sp³-hybridized carbons (Fsp3) is 0.870. The van der Waals surface area contributed by atoms with Crippen molar-refractivity contribution in [2.45, 2.75) is 200 Å². The van der Waals surface area contributed by atoms with E-state index >= 15 is 0 Å². The van der Waals surface area contributed by atoms with Crippen LogP contribution in [-0.2, 0) is 0 Å². The Morgan fingerprint density at radius 2 is 1.51 bits per heavy atom. The van der Waals surface area contributed by atoms with Gasteiger partial charge in [-0.25, -0.2) is 0 Å². The zero-order valence-corrected chi connectivity index (χ0v) is 33.1. The van der Waals surface area contributed by atoms with E-state index in [2.05, 4.69) is 71.3 Å². The predicted molar refractivity (Wildman–Crippen MR) is 206 cm³/mol. The zero-order chi connectivity index (χ0) is 33.9. The third-order valence-electron chi connectivity index (χ3n) is 19.3. The Bertz CT molecular complexity index is 1490. The molecule has 6 fully saturated rings. The zero-order valence-electron chi connectivity index (χ0n) is 33.1. The second kappa shape index (κ2) is 10.5. The van der Waals surface area contributed by atoms with Gasteiger partial charge in [-0.3, -0.25) is 0 Å². The van der Waals surface area contributed by atoms with E-state index in [1.165, 1.54) is 122 Å². The highest BCUT2D eigenvalue weighted by atomic mass is 15.3. The molecule has 10 aliphatic rings. The van der Waals surface area contributed by atoms with Gasteiger partial charge in [0.2, 0.25) is 6.71 Å². The number of nitrogens with zero attached hydrogens (tertiary/aromatic N) is 2. The molecule has 0 radical (unpaired) electrons. The second-order valence-corrected chi connectivity index (χ2v) is 22.2. The molecule has 0 aromatic carbocycles. The van der Waals surface area contributed by atoms with E-state index in [1.807, 2.05) is 22.3 Å². The topological polar surface area (TPSA) is 6.48 Å². The lowest BCUT2D eigenvalue weighted by Gasteiger charge is -2.60. The maximum atomic E-state index is 3.28. The minimum Gasteiger partial charge on any atom is -0.366 e. The van der Waals surface area contributed by atoms with E-state index in [0.29, 0.717) is 34.4 Å². The summed E-state index contributed by atoms with van der Waals surface area (Å²) in [7, 11) is 0. The molecule has 4 saturated carbocycles. The molecule has 2 nitrogen and oxygen atoms in total. The van der Waals surface area contributed by atoms with Gasteiger partial charge in [0.1, 0.15) is 0 Å². The van der Waals surface area contributed by atoms with Gasteiger partial charge in [0.05, 0.1) is 0 Å². The van der Waals surface area contributed by atoms with Gasteiger partial charge in [0, 0.05) is 45.5 Å². The molecule has 1 spiro atoms. The fourth-order valence-corrected chi connectivity index (χ4v) is 16.8. The van der Waals surface area contributed by atoms with Crippen LogP contribution in [0.4, 0.5) is 0 Å². The van der Waals surface area contributed by atoms with Crippen LogP contribution in [0.15, 0.2) is 34.1 Å². The maximum absolute atomic E-state index is 3.28. The summed E-state index contributed by atoms with van der Waals surface area (Å²) >= 11 is 0. The molecule has 49 heavy (non-hydrogen) atoms. The Labute approximate surface area is 301 Å². The molecule has 0 N–H and O–H groups in total. The van der Waals surface area contributed by atoms with Crippen LogP contribution in [0.2, 0.25) is 5.82 Å². The Morgan fingerprint density at radius 3 is 2.24 bits per heavy atom. The monoisotopic (exact) mass is 663 g/mol. The molecule has 268 valence electrons. The van der Waals surface area contributed by atoms with Crippen LogP contribution in [0.1, 0.15) is 177 Å². The van der Waals surface area contributed by atoms with Gasteiger partial charge in [0.25, 0.3) is 0 Å². The van der Waals surface area contributed by atoms with Gasteiger partial charge in [-0.2, -0.15) is 0 Å². The summed E-state index contributed by atoms with van der Waals surface area (Å²) < 4.78 is 0. The summed E-state index contributed by atoms with van der Waals surface area (Å²) in [6.45, 7) is 22.3. The molecule has 4 heterocycles. The summed E-state index contributed by atoms with van der Waals surface area (Å²) in [6.07, 6.45) is 30.6. The Morgan fingerprint density at radius 1 is 0.816 bits per heavy atom. The van der Waals surface area contributed by atoms with Crippen LogP contribution < -0.4 is 0 Å². The van der Waals surface area contributed by atoms with Crippen LogP contribution in [0.5, 0.6) is 0 Å².